The largest absolute Gasteiger partial charge is 0.480 e. The van der Waals surface area contributed by atoms with Crippen molar-refractivity contribution in [3.63, 3.8) is 0 Å². The Hall–Kier alpha value is -2.95. The highest BCUT2D eigenvalue weighted by Crippen LogP contribution is 2.30. The molecule has 1 fully saturated rings. The lowest BCUT2D eigenvalue weighted by Gasteiger charge is -2.26. The standard InChI is InChI=1S/C22H25N7O2S/c1-30-22-18(27-32-2)11-15(12-24-22)16-3-4-17-20(26-16)21-19(13-23-17)25-14-29(21)6-5-28-7-9-31-10-8-28/h3-4,11-14,27H,5-10H2,1-2H3. The second kappa shape index (κ2) is 9.27. The molecule has 4 aromatic heterocycles. The number of morpholine rings is 1. The second-order valence-corrected chi connectivity index (χ2v) is 8.15. The molecule has 0 unspecified atom stereocenters. The summed E-state index contributed by atoms with van der Waals surface area (Å²) in [5.41, 5.74) is 6.09. The molecular weight excluding hydrogens is 426 g/mol. The van der Waals surface area contributed by atoms with Gasteiger partial charge in [-0.05, 0) is 18.2 Å². The van der Waals surface area contributed by atoms with Gasteiger partial charge < -0.3 is 18.8 Å². The topological polar surface area (TPSA) is 90.2 Å². The van der Waals surface area contributed by atoms with Crippen molar-refractivity contribution in [2.75, 3.05) is 50.9 Å². The lowest BCUT2D eigenvalue weighted by molar-refractivity contribution is 0.0365. The third kappa shape index (κ3) is 4.08. The third-order valence-corrected chi connectivity index (χ3v) is 6.03. The molecule has 9 nitrogen and oxygen atoms in total. The van der Waals surface area contributed by atoms with Gasteiger partial charge in [0.05, 0.1) is 49.6 Å². The number of hydrogen-bond donors (Lipinski definition) is 1. The molecule has 1 saturated heterocycles. The summed E-state index contributed by atoms with van der Waals surface area (Å²) < 4.78 is 16.2. The van der Waals surface area contributed by atoms with E-state index in [9.17, 15) is 0 Å². The monoisotopic (exact) mass is 451 g/mol. The molecule has 0 radical (unpaired) electrons. The molecule has 166 valence electrons. The zero-order valence-electron chi connectivity index (χ0n) is 18.1. The number of ether oxygens (including phenoxy) is 2. The summed E-state index contributed by atoms with van der Waals surface area (Å²) in [6, 6.07) is 5.98. The molecule has 5 heterocycles. The summed E-state index contributed by atoms with van der Waals surface area (Å²) >= 11 is 1.49. The molecule has 5 rings (SSSR count). The zero-order chi connectivity index (χ0) is 21.9. The van der Waals surface area contributed by atoms with Gasteiger partial charge in [0, 0.05) is 44.2 Å². The average Bonchev–Trinajstić information content (AvgIpc) is 3.27. The highest BCUT2D eigenvalue weighted by molar-refractivity contribution is 7.99. The number of rotatable bonds is 7. The summed E-state index contributed by atoms with van der Waals surface area (Å²) in [6.07, 6.45) is 7.44. The smallest absolute Gasteiger partial charge is 0.237 e. The van der Waals surface area contributed by atoms with Crippen molar-refractivity contribution in [2.45, 2.75) is 6.54 Å². The molecule has 1 aliphatic heterocycles. The molecule has 0 aromatic carbocycles. The van der Waals surface area contributed by atoms with E-state index in [4.69, 9.17) is 14.5 Å². The van der Waals surface area contributed by atoms with Crippen molar-refractivity contribution in [3.05, 3.63) is 36.9 Å². The first kappa shape index (κ1) is 20.9. The van der Waals surface area contributed by atoms with Gasteiger partial charge in [-0.2, -0.15) is 0 Å². The minimum absolute atomic E-state index is 0.550. The summed E-state index contributed by atoms with van der Waals surface area (Å²) in [5, 5.41) is 0. The highest BCUT2D eigenvalue weighted by Gasteiger charge is 2.15. The van der Waals surface area contributed by atoms with Crippen molar-refractivity contribution >= 4 is 39.7 Å². The summed E-state index contributed by atoms with van der Waals surface area (Å²) in [5.74, 6) is 0.550. The van der Waals surface area contributed by atoms with Crippen LogP contribution in [0.1, 0.15) is 0 Å². The van der Waals surface area contributed by atoms with Crippen molar-refractivity contribution in [1.29, 1.82) is 0 Å². The lowest BCUT2D eigenvalue weighted by Crippen LogP contribution is -2.38. The summed E-state index contributed by atoms with van der Waals surface area (Å²) in [4.78, 5) is 21.0. The molecule has 0 saturated carbocycles. The molecule has 4 aromatic rings. The molecule has 0 aliphatic carbocycles. The predicted octanol–water partition coefficient (Wildman–Crippen LogP) is 3.07. The van der Waals surface area contributed by atoms with Gasteiger partial charge in [-0.3, -0.25) is 9.88 Å². The van der Waals surface area contributed by atoms with Crippen LogP contribution in [0, 0.1) is 0 Å². The quantitative estimate of drug-likeness (QED) is 0.426. The molecule has 0 atom stereocenters. The Morgan fingerprint density at radius 1 is 1.09 bits per heavy atom. The molecule has 10 heteroatoms. The normalized spacial score (nSPS) is 14.8. The number of imidazole rings is 1. The Morgan fingerprint density at radius 2 is 1.97 bits per heavy atom. The Labute approximate surface area is 190 Å². The first-order chi connectivity index (χ1) is 15.8. The van der Waals surface area contributed by atoms with E-state index in [0.717, 1.165) is 78.4 Å². The van der Waals surface area contributed by atoms with Crippen LogP contribution in [0.15, 0.2) is 36.9 Å². The molecule has 0 amide bonds. The second-order valence-electron chi connectivity index (χ2n) is 7.54. The van der Waals surface area contributed by atoms with Crippen LogP contribution in [0.2, 0.25) is 0 Å². The van der Waals surface area contributed by atoms with Gasteiger partial charge in [0.2, 0.25) is 5.88 Å². The van der Waals surface area contributed by atoms with Crippen LogP contribution in [0.3, 0.4) is 0 Å². The fourth-order valence-corrected chi connectivity index (χ4v) is 4.32. The van der Waals surface area contributed by atoms with E-state index in [0.29, 0.717) is 5.88 Å². The van der Waals surface area contributed by atoms with Crippen LogP contribution in [0.25, 0.3) is 33.3 Å². The molecular formula is C22H25N7O2S. The number of hydrogen-bond acceptors (Lipinski definition) is 9. The van der Waals surface area contributed by atoms with Crippen LogP contribution in [-0.2, 0) is 11.3 Å². The first-order valence-corrected chi connectivity index (χ1v) is 11.7. The van der Waals surface area contributed by atoms with E-state index in [2.05, 4.69) is 29.1 Å². The Kier molecular flexibility index (Phi) is 6.06. The zero-order valence-corrected chi connectivity index (χ0v) is 18.9. The van der Waals surface area contributed by atoms with E-state index in [1.54, 1.807) is 13.3 Å². The Morgan fingerprint density at radius 3 is 2.78 bits per heavy atom. The number of aromatic nitrogens is 5. The van der Waals surface area contributed by atoms with Crippen molar-refractivity contribution in [2.24, 2.45) is 0 Å². The molecule has 1 N–H and O–H groups in total. The van der Waals surface area contributed by atoms with E-state index < -0.39 is 0 Å². The van der Waals surface area contributed by atoms with E-state index in [-0.39, 0.29) is 0 Å². The van der Waals surface area contributed by atoms with Gasteiger partial charge >= 0.3 is 0 Å². The first-order valence-electron chi connectivity index (χ1n) is 10.5. The molecule has 0 bridgehead atoms. The third-order valence-electron chi connectivity index (χ3n) is 5.60. The lowest BCUT2D eigenvalue weighted by atomic mass is 10.1. The minimum atomic E-state index is 0.550. The van der Waals surface area contributed by atoms with Gasteiger partial charge in [0.1, 0.15) is 16.7 Å². The van der Waals surface area contributed by atoms with Gasteiger partial charge in [0.25, 0.3) is 0 Å². The number of nitrogens with one attached hydrogen (secondary N) is 1. The highest BCUT2D eigenvalue weighted by atomic mass is 32.2. The Balaban J connectivity index is 1.53. The Bertz CT molecular complexity index is 1240. The van der Waals surface area contributed by atoms with Crippen LogP contribution in [0.4, 0.5) is 5.69 Å². The number of nitrogens with zero attached hydrogens (tertiary/aromatic N) is 6. The maximum atomic E-state index is 5.46. The van der Waals surface area contributed by atoms with E-state index in [1.807, 2.05) is 37.0 Å². The number of anilines is 1. The van der Waals surface area contributed by atoms with Crippen LogP contribution in [0.5, 0.6) is 5.88 Å². The summed E-state index contributed by atoms with van der Waals surface area (Å²) in [6.45, 7) is 5.32. The van der Waals surface area contributed by atoms with Crippen LogP contribution in [-0.4, -0.2) is 75.6 Å². The maximum absolute atomic E-state index is 5.46. The fraction of sp³-hybridized carbons (Fsp3) is 0.364. The van der Waals surface area contributed by atoms with Crippen molar-refractivity contribution in [1.82, 2.24) is 29.4 Å². The maximum Gasteiger partial charge on any atom is 0.237 e. The predicted molar refractivity (Wildman–Crippen MR) is 127 cm³/mol. The van der Waals surface area contributed by atoms with E-state index in [1.165, 1.54) is 11.9 Å². The van der Waals surface area contributed by atoms with Gasteiger partial charge in [-0.1, -0.05) is 11.9 Å². The van der Waals surface area contributed by atoms with Crippen LogP contribution >= 0.6 is 11.9 Å². The fourth-order valence-electron chi connectivity index (χ4n) is 3.95. The van der Waals surface area contributed by atoms with E-state index >= 15 is 0 Å². The van der Waals surface area contributed by atoms with Crippen molar-refractivity contribution < 1.29 is 9.47 Å². The van der Waals surface area contributed by atoms with Crippen LogP contribution < -0.4 is 9.46 Å². The summed E-state index contributed by atoms with van der Waals surface area (Å²) in [7, 11) is 1.61. The average molecular weight is 452 g/mol. The number of pyridine rings is 3. The van der Waals surface area contributed by atoms with Crippen molar-refractivity contribution in [3.8, 4) is 17.1 Å². The molecule has 32 heavy (non-hydrogen) atoms. The molecule has 0 spiro atoms. The number of methoxy groups -OCH3 is 1. The molecule has 1 aliphatic rings. The SMILES string of the molecule is COc1ncc(-c2ccc3ncc4ncn(CCN5CCOCC5)c4c3n2)cc1NSC. The van der Waals surface area contributed by atoms with Gasteiger partial charge in [-0.25, -0.2) is 15.0 Å². The van der Waals surface area contributed by atoms with Gasteiger partial charge in [-0.15, -0.1) is 0 Å². The number of fused-ring (bicyclic) bond motifs is 3. The minimum Gasteiger partial charge on any atom is -0.480 e. The van der Waals surface area contributed by atoms with Gasteiger partial charge in [0.15, 0.2) is 0 Å².